The second kappa shape index (κ2) is 7.43. The molecule has 17 heavy (non-hydrogen) atoms. The molecule has 0 saturated heterocycles. The van der Waals surface area contributed by atoms with E-state index in [2.05, 4.69) is 6.58 Å². The maximum absolute atomic E-state index is 12.1. The number of rotatable bonds is 4. The van der Waals surface area contributed by atoms with Crippen molar-refractivity contribution in [2.24, 2.45) is 0 Å². The molecule has 0 saturated carbocycles. The predicted octanol–water partition coefficient (Wildman–Crippen LogP) is 1.32. The zero-order valence-electron chi connectivity index (χ0n) is 9.02. The molecule has 0 aliphatic carbocycles. The third-order valence-electron chi connectivity index (χ3n) is 1.78. The van der Waals surface area contributed by atoms with E-state index in [9.17, 15) is 12.9 Å². The van der Waals surface area contributed by atoms with Crippen LogP contribution in [0.15, 0.2) is 30.3 Å². The Labute approximate surface area is 150 Å². The molecule has 0 aromatic heterocycles. The molecule has 0 unspecified atom stereocenters. The van der Waals surface area contributed by atoms with Gasteiger partial charge < -0.3 is 17.7 Å². The fourth-order valence-corrected chi connectivity index (χ4v) is 1.13. The maximum Gasteiger partial charge on any atom is 1.00 e. The third-order valence-corrected chi connectivity index (χ3v) is 2.52. The van der Waals surface area contributed by atoms with E-state index in [0.29, 0.717) is 5.02 Å². The van der Waals surface area contributed by atoms with Crippen molar-refractivity contribution in [3.63, 3.8) is 0 Å². The largest absolute Gasteiger partial charge is 1.00 e. The smallest absolute Gasteiger partial charge is 0.492 e. The molecule has 0 spiro atoms. The first-order valence-electron chi connectivity index (χ1n) is 4.26. The van der Waals surface area contributed by atoms with Crippen LogP contribution in [-0.2, 0) is 0 Å². The van der Waals surface area contributed by atoms with E-state index in [1.54, 1.807) is 0 Å². The minimum absolute atomic E-state index is 0. The Morgan fingerprint density at radius 1 is 1.24 bits per heavy atom. The molecule has 0 N–H and O–H groups in total. The second-order valence-corrected chi connectivity index (χ2v) is 3.91. The molecule has 0 radical (unpaired) electrons. The maximum atomic E-state index is 12.1. The van der Waals surface area contributed by atoms with Gasteiger partial charge in [-0.1, -0.05) is 23.2 Å². The van der Waals surface area contributed by atoms with Gasteiger partial charge in [-0.25, -0.2) is 0 Å². The van der Waals surface area contributed by atoms with Gasteiger partial charge in [0.2, 0.25) is 0 Å². The number of halogens is 5. The van der Waals surface area contributed by atoms with Crippen molar-refractivity contribution < 1.29 is 69.1 Å². The first-order valence-corrected chi connectivity index (χ1v) is 5.02. The molecule has 0 heterocycles. The van der Waals surface area contributed by atoms with E-state index >= 15 is 0 Å². The molecule has 1 rings (SSSR count). The van der Waals surface area contributed by atoms with E-state index < -0.39 is 19.1 Å². The van der Waals surface area contributed by atoms with Gasteiger partial charge in [0, 0.05) is 6.07 Å². The van der Waals surface area contributed by atoms with E-state index in [4.69, 9.17) is 27.9 Å². The Morgan fingerprint density at radius 3 is 2.29 bits per heavy atom. The van der Waals surface area contributed by atoms with Crippen LogP contribution in [0, 0.1) is 0 Å². The first kappa shape index (κ1) is 17.8. The van der Waals surface area contributed by atoms with Crippen molar-refractivity contribution in [3.05, 3.63) is 40.3 Å². The van der Waals surface area contributed by atoms with E-state index in [0.717, 1.165) is 0 Å². The summed E-state index contributed by atoms with van der Waals surface area (Å²) in [7, 11) is 0. The number of ether oxygens (including phenoxy) is 1. The molecule has 1 nitrogen and oxygen atoms in total. The summed E-state index contributed by atoms with van der Waals surface area (Å²) in [6, 6.07) is 4.23. The van der Waals surface area contributed by atoms with Gasteiger partial charge in [-0.2, -0.15) is 0 Å². The summed E-state index contributed by atoms with van der Waals surface area (Å²) in [6.07, 6.45) is 0. The van der Waals surface area contributed by atoms with Crippen LogP contribution in [0.3, 0.4) is 0 Å². The summed E-state index contributed by atoms with van der Waals surface area (Å²) in [5.74, 6) is 0.218. The summed E-state index contributed by atoms with van der Waals surface area (Å²) in [6.45, 7) is -2.77. The van der Waals surface area contributed by atoms with Gasteiger partial charge in [-0.05, 0) is 12.1 Å². The summed E-state index contributed by atoms with van der Waals surface area (Å²) < 4.78 is 41.3. The SMILES string of the molecule is C=C(COc1ccc(Cl)c(Cl)c1)[B-](F)(F)F.[K+]. The van der Waals surface area contributed by atoms with Crippen LogP contribution in [0.25, 0.3) is 0 Å². The summed E-state index contributed by atoms with van der Waals surface area (Å²) >= 11 is 11.3. The molecule has 0 atom stereocenters. The molecule has 0 bridgehead atoms. The molecule has 8 heteroatoms. The van der Waals surface area contributed by atoms with Gasteiger partial charge in [0.05, 0.1) is 16.7 Å². The van der Waals surface area contributed by atoms with Crippen LogP contribution in [0.5, 0.6) is 5.75 Å². The minimum Gasteiger partial charge on any atom is -0.492 e. The zero-order valence-corrected chi connectivity index (χ0v) is 13.7. The molecule has 1 aromatic rings. The van der Waals surface area contributed by atoms with Gasteiger partial charge in [-0.15, -0.1) is 12.1 Å². The molecule has 0 fully saturated rings. The van der Waals surface area contributed by atoms with Crippen LogP contribution in [0.1, 0.15) is 0 Å². The van der Waals surface area contributed by atoms with Crippen LogP contribution in [0.4, 0.5) is 12.9 Å². The average Bonchev–Trinajstić information content (AvgIpc) is 2.18. The average molecular weight is 309 g/mol. The van der Waals surface area contributed by atoms with Gasteiger partial charge in [0.1, 0.15) is 5.75 Å². The van der Waals surface area contributed by atoms with Crippen molar-refractivity contribution in [3.8, 4) is 5.75 Å². The van der Waals surface area contributed by atoms with Gasteiger partial charge >= 0.3 is 58.4 Å². The molecule has 0 aliphatic rings. The van der Waals surface area contributed by atoms with Gasteiger partial charge in [0.25, 0.3) is 0 Å². The fraction of sp³-hybridized carbons (Fsp3) is 0.111. The Hall–Kier alpha value is 0.831. The summed E-state index contributed by atoms with van der Waals surface area (Å²) in [4.78, 5) is 0. The predicted molar refractivity (Wildman–Crippen MR) is 60.2 cm³/mol. The summed E-state index contributed by atoms with van der Waals surface area (Å²) in [5.41, 5.74) is -0.897. The molecule has 88 valence electrons. The molecule has 0 amide bonds. The molecule has 0 aliphatic heterocycles. The van der Waals surface area contributed by atoms with Crippen LogP contribution >= 0.6 is 23.2 Å². The molecule has 1 aromatic carbocycles. The Bertz CT molecular complexity index is 412. The topological polar surface area (TPSA) is 9.23 Å². The van der Waals surface area contributed by atoms with Gasteiger partial charge in [-0.3, -0.25) is 0 Å². The number of hydrogen-bond donors (Lipinski definition) is 0. The van der Waals surface area contributed by atoms with Crippen LogP contribution < -0.4 is 56.1 Å². The zero-order chi connectivity index (χ0) is 12.3. The van der Waals surface area contributed by atoms with E-state index in [1.165, 1.54) is 18.2 Å². The van der Waals surface area contributed by atoms with Crippen molar-refractivity contribution in [2.45, 2.75) is 0 Å². The van der Waals surface area contributed by atoms with Crippen molar-refractivity contribution in [1.82, 2.24) is 0 Å². The van der Waals surface area contributed by atoms with Gasteiger partial charge in [0.15, 0.2) is 0 Å². The summed E-state index contributed by atoms with van der Waals surface area (Å²) in [5, 5.41) is 0.537. The van der Waals surface area contributed by atoms with E-state index in [-0.39, 0.29) is 62.2 Å². The van der Waals surface area contributed by atoms with Crippen LogP contribution in [-0.4, -0.2) is 13.6 Å². The second-order valence-electron chi connectivity index (χ2n) is 3.10. The van der Waals surface area contributed by atoms with Crippen molar-refractivity contribution >= 4 is 30.2 Å². The molecular formula is C9H7BCl2F3KO. The quantitative estimate of drug-likeness (QED) is 0.762. The van der Waals surface area contributed by atoms with Crippen LogP contribution in [0.2, 0.25) is 10.0 Å². The standard InChI is InChI=1S/C9H7BCl2F3O.K/c1-6(10(13,14)15)5-16-7-2-3-8(11)9(12)4-7;/h2-4H,1,5H2;/q-1;+1. The first-order chi connectivity index (χ1) is 7.30. The van der Waals surface area contributed by atoms with Crippen molar-refractivity contribution in [2.75, 3.05) is 6.61 Å². The number of hydrogen-bond acceptors (Lipinski definition) is 1. The monoisotopic (exact) mass is 308 g/mol. The Balaban J connectivity index is 0.00000256. The Kier molecular flexibility index (Phi) is 7.79. The fourth-order valence-electron chi connectivity index (χ4n) is 0.837. The van der Waals surface area contributed by atoms with E-state index in [1.807, 2.05) is 0 Å². The van der Waals surface area contributed by atoms with Crippen molar-refractivity contribution in [1.29, 1.82) is 0 Å². The third kappa shape index (κ3) is 6.00. The molecular weight excluding hydrogens is 302 g/mol. The Morgan fingerprint density at radius 2 is 1.82 bits per heavy atom. The normalized spacial score (nSPS) is 10.6. The number of benzene rings is 1. The minimum atomic E-state index is -5.06.